The lowest BCUT2D eigenvalue weighted by atomic mass is 10.1. The molecule has 0 saturated carbocycles. The van der Waals surface area contributed by atoms with Crippen molar-refractivity contribution in [2.75, 3.05) is 26.4 Å². The number of anilines is 1. The SMILES string of the molecule is CN(C)C(CNC(=O)c1ccc(Br)c(N)c1)c1ccco1. The maximum Gasteiger partial charge on any atom is 0.251 e. The van der Waals surface area contributed by atoms with Gasteiger partial charge in [-0.15, -0.1) is 0 Å². The third-order valence-electron chi connectivity index (χ3n) is 3.21. The number of likely N-dealkylation sites (N-methyl/N-ethyl adjacent to an activating group) is 1. The number of nitrogens with two attached hydrogens (primary N) is 1. The Labute approximate surface area is 132 Å². The highest BCUT2D eigenvalue weighted by Crippen LogP contribution is 2.21. The second-order valence-electron chi connectivity index (χ2n) is 4.94. The quantitative estimate of drug-likeness (QED) is 0.812. The third-order valence-corrected chi connectivity index (χ3v) is 3.93. The van der Waals surface area contributed by atoms with Crippen molar-refractivity contribution in [3.63, 3.8) is 0 Å². The average Bonchev–Trinajstić information content (AvgIpc) is 2.95. The maximum atomic E-state index is 12.2. The summed E-state index contributed by atoms with van der Waals surface area (Å²) in [5, 5.41) is 2.90. The highest BCUT2D eigenvalue weighted by Gasteiger charge is 2.18. The predicted molar refractivity (Wildman–Crippen MR) is 86.0 cm³/mol. The first-order valence-corrected chi connectivity index (χ1v) is 7.31. The van der Waals surface area contributed by atoms with Gasteiger partial charge in [0.15, 0.2) is 0 Å². The van der Waals surface area contributed by atoms with E-state index in [1.807, 2.05) is 31.1 Å². The maximum absolute atomic E-state index is 12.2. The molecule has 0 fully saturated rings. The molecule has 1 heterocycles. The second kappa shape index (κ2) is 6.78. The Morgan fingerprint density at radius 2 is 2.19 bits per heavy atom. The Kier molecular flexibility index (Phi) is 5.03. The number of hydrogen-bond donors (Lipinski definition) is 2. The van der Waals surface area contributed by atoms with Crippen LogP contribution in [-0.2, 0) is 0 Å². The molecule has 0 aliphatic carbocycles. The molecule has 0 aliphatic heterocycles. The number of halogens is 1. The van der Waals surface area contributed by atoms with Crippen molar-refractivity contribution >= 4 is 27.5 Å². The molecule has 1 atom stereocenters. The van der Waals surface area contributed by atoms with Gasteiger partial charge in [0, 0.05) is 22.3 Å². The van der Waals surface area contributed by atoms with Crippen LogP contribution < -0.4 is 11.1 Å². The molecule has 1 aromatic carbocycles. The van der Waals surface area contributed by atoms with Crippen LogP contribution in [0.15, 0.2) is 45.5 Å². The Hall–Kier alpha value is -1.79. The second-order valence-corrected chi connectivity index (χ2v) is 5.80. The van der Waals surface area contributed by atoms with Crippen LogP contribution in [0.1, 0.15) is 22.2 Å². The van der Waals surface area contributed by atoms with E-state index in [1.54, 1.807) is 24.5 Å². The number of nitrogens with zero attached hydrogens (tertiary/aromatic N) is 1. The van der Waals surface area contributed by atoms with Crippen molar-refractivity contribution in [1.82, 2.24) is 10.2 Å². The summed E-state index contributed by atoms with van der Waals surface area (Å²) in [7, 11) is 3.88. The zero-order valence-corrected chi connectivity index (χ0v) is 13.6. The van der Waals surface area contributed by atoms with Gasteiger partial charge in [-0.1, -0.05) is 0 Å². The van der Waals surface area contributed by atoms with Crippen molar-refractivity contribution < 1.29 is 9.21 Å². The molecule has 3 N–H and O–H groups in total. The van der Waals surface area contributed by atoms with Gasteiger partial charge in [0.2, 0.25) is 0 Å². The smallest absolute Gasteiger partial charge is 0.251 e. The molecule has 0 radical (unpaired) electrons. The average molecular weight is 352 g/mol. The summed E-state index contributed by atoms with van der Waals surface area (Å²) in [4.78, 5) is 14.2. The van der Waals surface area contributed by atoms with Crippen LogP contribution in [0.25, 0.3) is 0 Å². The molecule has 1 amide bonds. The number of benzene rings is 1. The van der Waals surface area contributed by atoms with E-state index < -0.39 is 0 Å². The van der Waals surface area contributed by atoms with Gasteiger partial charge in [0.1, 0.15) is 5.76 Å². The number of furan rings is 1. The molecule has 6 heteroatoms. The minimum atomic E-state index is -0.160. The van der Waals surface area contributed by atoms with E-state index in [0.29, 0.717) is 17.8 Å². The van der Waals surface area contributed by atoms with E-state index in [9.17, 15) is 4.79 Å². The number of nitrogen functional groups attached to an aromatic ring is 1. The number of hydrogen-bond acceptors (Lipinski definition) is 4. The molecule has 112 valence electrons. The van der Waals surface area contributed by atoms with Crippen LogP contribution in [0, 0.1) is 0 Å². The molecule has 2 aromatic rings. The van der Waals surface area contributed by atoms with Crippen LogP contribution in [0.5, 0.6) is 0 Å². The van der Waals surface area contributed by atoms with Crippen LogP contribution in [0.4, 0.5) is 5.69 Å². The topological polar surface area (TPSA) is 71.5 Å². The molecule has 21 heavy (non-hydrogen) atoms. The van der Waals surface area contributed by atoms with Gasteiger partial charge in [-0.05, 0) is 60.4 Å². The highest BCUT2D eigenvalue weighted by atomic mass is 79.9. The van der Waals surface area contributed by atoms with Gasteiger partial charge in [-0.3, -0.25) is 9.69 Å². The number of rotatable bonds is 5. The number of nitrogens with one attached hydrogen (secondary N) is 1. The van der Waals surface area contributed by atoms with Crippen LogP contribution >= 0.6 is 15.9 Å². The fraction of sp³-hybridized carbons (Fsp3) is 0.267. The lowest BCUT2D eigenvalue weighted by Gasteiger charge is -2.22. The molecular formula is C15H18BrN3O2. The van der Waals surface area contributed by atoms with Gasteiger partial charge in [0.25, 0.3) is 5.91 Å². The first-order valence-electron chi connectivity index (χ1n) is 6.52. The van der Waals surface area contributed by atoms with Gasteiger partial charge >= 0.3 is 0 Å². The summed E-state index contributed by atoms with van der Waals surface area (Å²) in [5.74, 6) is 0.656. The lowest BCUT2D eigenvalue weighted by molar-refractivity contribution is 0.0939. The fourth-order valence-electron chi connectivity index (χ4n) is 1.99. The molecule has 0 bridgehead atoms. The van der Waals surface area contributed by atoms with E-state index >= 15 is 0 Å². The lowest BCUT2D eigenvalue weighted by Crippen LogP contribution is -2.34. The normalized spacial score (nSPS) is 12.4. The molecule has 1 unspecified atom stereocenters. The summed E-state index contributed by atoms with van der Waals surface area (Å²) in [6.07, 6.45) is 1.63. The highest BCUT2D eigenvalue weighted by molar-refractivity contribution is 9.10. The predicted octanol–water partition coefficient (Wildman–Crippen LogP) is 2.66. The Morgan fingerprint density at radius 3 is 2.76 bits per heavy atom. The molecular weight excluding hydrogens is 334 g/mol. The molecule has 2 rings (SSSR count). The largest absolute Gasteiger partial charge is 0.468 e. The third kappa shape index (κ3) is 3.86. The fourth-order valence-corrected chi connectivity index (χ4v) is 2.24. The van der Waals surface area contributed by atoms with E-state index in [0.717, 1.165) is 10.2 Å². The van der Waals surface area contributed by atoms with Gasteiger partial charge in [0.05, 0.1) is 12.3 Å². The minimum Gasteiger partial charge on any atom is -0.468 e. The molecule has 5 nitrogen and oxygen atoms in total. The van der Waals surface area contributed by atoms with Gasteiger partial charge in [-0.25, -0.2) is 0 Å². The minimum absolute atomic E-state index is 0.0169. The van der Waals surface area contributed by atoms with Crippen LogP contribution in [-0.4, -0.2) is 31.4 Å². The zero-order valence-electron chi connectivity index (χ0n) is 12.0. The van der Waals surface area contributed by atoms with Crippen molar-refractivity contribution in [3.8, 4) is 0 Å². The number of carbonyl (C=O) groups excluding carboxylic acids is 1. The van der Waals surface area contributed by atoms with Crippen molar-refractivity contribution in [2.45, 2.75) is 6.04 Å². The van der Waals surface area contributed by atoms with E-state index in [4.69, 9.17) is 10.2 Å². The molecule has 0 saturated heterocycles. The summed E-state index contributed by atoms with van der Waals surface area (Å²) >= 11 is 3.31. The first-order chi connectivity index (χ1) is 9.99. The van der Waals surface area contributed by atoms with Crippen LogP contribution in [0.3, 0.4) is 0 Å². The molecule has 1 aromatic heterocycles. The molecule has 0 spiro atoms. The van der Waals surface area contributed by atoms with Crippen molar-refractivity contribution in [1.29, 1.82) is 0 Å². The number of amides is 1. The summed E-state index contributed by atoms with van der Waals surface area (Å²) in [6.45, 7) is 0.454. The van der Waals surface area contributed by atoms with Crippen molar-refractivity contribution in [3.05, 3.63) is 52.4 Å². The summed E-state index contributed by atoms with van der Waals surface area (Å²) < 4.78 is 6.19. The van der Waals surface area contributed by atoms with E-state index in [2.05, 4.69) is 21.2 Å². The van der Waals surface area contributed by atoms with Crippen molar-refractivity contribution in [2.24, 2.45) is 0 Å². The zero-order chi connectivity index (χ0) is 15.4. The van der Waals surface area contributed by atoms with Gasteiger partial charge < -0.3 is 15.5 Å². The summed E-state index contributed by atoms with van der Waals surface area (Å²) in [6, 6.07) is 8.86. The monoisotopic (exact) mass is 351 g/mol. The van der Waals surface area contributed by atoms with Gasteiger partial charge in [-0.2, -0.15) is 0 Å². The summed E-state index contributed by atoms with van der Waals surface area (Å²) in [5.41, 5.74) is 6.86. The Morgan fingerprint density at radius 1 is 1.43 bits per heavy atom. The Bertz CT molecular complexity index is 611. The number of carbonyl (C=O) groups is 1. The first kappa shape index (κ1) is 15.6. The van der Waals surface area contributed by atoms with Crippen LogP contribution in [0.2, 0.25) is 0 Å². The Balaban J connectivity index is 2.03. The van der Waals surface area contributed by atoms with E-state index in [-0.39, 0.29) is 11.9 Å². The van der Waals surface area contributed by atoms with E-state index in [1.165, 1.54) is 0 Å². The molecule has 0 aliphatic rings. The standard InChI is InChI=1S/C15H18BrN3O2/c1-19(2)13(14-4-3-7-21-14)9-18-15(20)10-5-6-11(16)12(17)8-10/h3-8,13H,9,17H2,1-2H3,(H,18,20).